The molecular formula is C16H16O3. The van der Waals surface area contributed by atoms with E-state index < -0.39 is 0 Å². The summed E-state index contributed by atoms with van der Waals surface area (Å²) in [5.41, 5.74) is 1.62. The molecule has 0 N–H and O–H groups in total. The van der Waals surface area contributed by atoms with E-state index in [1.165, 1.54) is 0 Å². The van der Waals surface area contributed by atoms with E-state index in [1.54, 1.807) is 26.2 Å². The van der Waals surface area contributed by atoms with Gasteiger partial charge in [0, 0.05) is 11.1 Å². The van der Waals surface area contributed by atoms with Crippen molar-refractivity contribution in [3.05, 3.63) is 59.7 Å². The predicted octanol–water partition coefficient (Wildman–Crippen LogP) is 3.48. The molecule has 19 heavy (non-hydrogen) atoms. The molecule has 0 atom stereocenters. The van der Waals surface area contributed by atoms with Gasteiger partial charge in [-0.25, -0.2) is 0 Å². The number of methoxy groups -OCH3 is 1. The second-order valence-corrected chi connectivity index (χ2v) is 4.18. The molecule has 0 heterocycles. The SMILES string of the molecule is COc1ccccc1COc1cccc(C(C)=O)c1. The maximum atomic E-state index is 11.3. The first-order valence-electron chi connectivity index (χ1n) is 6.06. The average molecular weight is 256 g/mol. The Bertz CT molecular complexity index is 576. The normalized spacial score (nSPS) is 10.0. The number of benzene rings is 2. The van der Waals surface area contributed by atoms with Crippen LogP contribution in [0.2, 0.25) is 0 Å². The third-order valence-corrected chi connectivity index (χ3v) is 2.83. The summed E-state index contributed by atoms with van der Waals surface area (Å²) in [5, 5.41) is 0. The molecule has 0 fully saturated rings. The number of ketones is 1. The van der Waals surface area contributed by atoms with Gasteiger partial charge in [-0.05, 0) is 25.1 Å². The van der Waals surface area contributed by atoms with Crippen LogP contribution < -0.4 is 9.47 Å². The maximum absolute atomic E-state index is 11.3. The monoisotopic (exact) mass is 256 g/mol. The van der Waals surface area contributed by atoms with E-state index in [1.807, 2.05) is 36.4 Å². The molecule has 2 aromatic rings. The number of ether oxygens (including phenoxy) is 2. The van der Waals surface area contributed by atoms with Crippen LogP contribution in [-0.4, -0.2) is 12.9 Å². The van der Waals surface area contributed by atoms with Crippen molar-refractivity contribution in [3.63, 3.8) is 0 Å². The third kappa shape index (κ3) is 3.35. The number of Topliss-reactive ketones (excluding diaryl/α,β-unsaturated/α-hetero) is 1. The molecule has 0 aromatic heterocycles. The van der Waals surface area contributed by atoms with Crippen LogP contribution in [0.5, 0.6) is 11.5 Å². The van der Waals surface area contributed by atoms with Crippen LogP contribution in [0, 0.1) is 0 Å². The van der Waals surface area contributed by atoms with Gasteiger partial charge in [0.05, 0.1) is 7.11 Å². The van der Waals surface area contributed by atoms with E-state index in [0.29, 0.717) is 17.9 Å². The summed E-state index contributed by atoms with van der Waals surface area (Å²) in [6.45, 7) is 1.95. The first kappa shape index (κ1) is 13.1. The van der Waals surface area contributed by atoms with E-state index in [-0.39, 0.29) is 5.78 Å². The summed E-state index contributed by atoms with van der Waals surface area (Å²) in [5.74, 6) is 1.51. The Labute approximate surface area is 112 Å². The van der Waals surface area contributed by atoms with Gasteiger partial charge in [0.1, 0.15) is 18.1 Å². The first-order valence-corrected chi connectivity index (χ1v) is 6.06. The third-order valence-electron chi connectivity index (χ3n) is 2.83. The Morgan fingerprint density at radius 3 is 2.63 bits per heavy atom. The molecule has 0 unspecified atom stereocenters. The summed E-state index contributed by atoms with van der Waals surface area (Å²) in [6.07, 6.45) is 0. The fourth-order valence-electron chi connectivity index (χ4n) is 1.79. The number of carbonyl (C=O) groups excluding carboxylic acids is 1. The van der Waals surface area contributed by atoms with Gasteiger partial charge in [0.25, 0.3) is 0 Å². The van der Waals surface area contributed by atoms with Crippen LogP contribution >= 0.6 is 0 Å². The molecular weight excluding hydrogens is 240 g/mol. The minimum absolute atomic E-state index is 0.0303. The van der Waals surface area contributed by atoms with E-state index in [2.05, 4.69) is 0 Å². The van der Waals surface area contributed by atoms with Gasteiger partial charge in [0.15, 0.2) is 5.78 Å². The molecule has 0 spiro atoms. The second kappa shape index (κ2) is 6.05. The quantitative estimate of drug-likeness (QED) is 0.768. The van der Waals surface area contributed by atoms with E-state index >= 15 is 0 Å². The van der Waals surface area contributed by atoms with Gasteiger partial charge in [-0.2, -0.15) is 0 Å². The Morgan fingerprint density at radius 1 is 1.11 bits per heavy atom. The molecule has 0 radical (unpaired) electrons. The number of para-hydroxylation sites is 1. The van der Waals surface area contributed by atoms with Crippen molar-refractivity contribution in [1.29, 1.82) is 0 Å². The van der Waals surface area contributed by atoms with Gasteiger partial charge in [-0.3, -0.25) is 4.79 Å². The van der Waals surface area contributed by atoms with E-state index in [0.717, 1.165) is 11.3 Å². The highest BCUT2D eigenvalue weighted by Crippen LogP contribution is 2.20. The highest BCUT2D eigenvalue weighted by Gasteiger charge is 2.04. The molecule has 0 bridgehead atoms. The molecule has 0 saturated heterocycles. The van der Waals surface area contributed by atoms with Crippen molar-refractivity contribution in [3.8, 4) is 11.5 Å². The Hall–Kier alpha value is -2.29. The van der Waals surface area contributed by atoms with Gasteiger partial charge >= 0.3 is 0 Å². The molecule has 2 aromatic carbocycles. The zero-order valence-electron chi connectivity index (χ0n) is 11.1. The van der Waals surface area contributed by atoms with Crippen molar-refractivity contribution in [2.24, 2.45) is 0 Å². The number of hydrogen-bond donors (Lipinski definition) is 0. The minimum Gasteiger partial charge on any atom is -0.496 e. The van der Waals surface area contributed by atoms with Crippen molar-refractivity contribution >= 4 is 5.78 Å². The molecule has 0 aliphatic carbocycles. The number of rotatable bonds is 5. The average Bonchev–Trinajstić information content (AvgIpc) is 2.45. The molecule has 2 rings (SSSR count). The fraction of sp³-hybridized carbons (Fsp3) is 0.188. The van der Waals surface area contributed by atoms with Crippen LogP contribution in [0.3, 0.4) is 0 Å². The molecule has 3 nitrogen and oxygen atoms in total. The lowest BCUT2D eigenvalue weighted by atomic mass is 10.1. The fourth-order valence-corrected chi connectivity index (χ4v) is 1.79. The largest absolute Gasteiger partial charge is 0.496 e. The van der Waals surface area contributed by atoms with Gasteiger partial charge in [0.2, 0.25) is 0 Å². The van der Waals surface area contributed by atoms with Gasteiger partial charge in [-0.1, -0.05) is 30.3 Å². The highest BCUT2D eigenvalue weighted by molar-refractivity contribution is 5.94. The van der Waals surface area contributed by atoms with Crippen LogP contribution in [0.25, 0.3) is 0 Å². The summed E-state index contributed by atoms with van der Waals surface area (Å²) >= 11 is 0. The van der Waals surface area contributed by atoms with Crippen LogP contribution in [-0.2, 0) is 6.61 Å². The standard InChI is InChI=1S/C16H16O3/c1-12(17)13-7-5-8-15(10-13)19-11-14-6-3-4-9-16(14)18-2/h3-10H,11H2,1-2H3. The predicted molar refractivity (Wildman–Crippen MR) is 73.8 cm³/mol. The van der Waals surface area contributed by atoms with E-state index in [9.17, 15) is 4.79 Å². The zero-order chi connectivity index (χ0) is 13.7. The van der Waals surface area contributed by atoms with Crippen LogP contribution in [0.4, 0.5) is 0 Å². The van der Waals surface area contributed by atoms with Crippen LogP contribution in [0.15, 0.2) is 48.5 Å². The lowest BCUT2D eigenvalue weighted by molar-refractivity contribution is 0.101. The number of carbonyl (C=O) groups is 1. The molecule has 0 saturated carbocycles. The summed E-state index contributed by atoms with van der Waals surface area (Å²) in [7, 11) is 1.63. The number of hydrogen-bond acceptors (Lipinski definition) is 3. The summed E-state index contributed by atoms with van der Waals surface area (Å²) in [6, 6.07) is 14.9. The minimum atomic E-state index is 0.0303. The maximum Gasteiger partial charge on any atom is 0.159 e. The molecule has 98 valence electrons. The second-order valence-electron chi connectivity index (χ2n) is 4.18. The van der Waals surface area contributed by atoms with Crippen molar-refractivity contribution in [2.45, 2.75) is 13.5 Å². The molecule has 0 aliphatic rings. The first-order chi connectivity index (χ1) is 9.20. The zero-order valence-corrected chi connectivity index (χ0v) is 11.1. The Balaban J connectivity index is 2.10. The molecule has 0 amide bonds. The van der Waals surface area contributed by atoms with Gasteiger partial charge < -0.3 is 9.47 Å². The smallest absolute Gasteiger partial charge is 0.159 e. The Morgan fingerprint density at radius 2 is 1.89 bits per heavy atom. The molecule has 3 heteroatoms. The van der Waals surface area contributed by atoms with Gasteiger partial charge in [-0.15, -0.1) is 0 Å². The highest BCUT2D eigenvalue weighted by atomic mass is 16.5. The summed E-state index contributed by atoms with van der Waals surface area (Å²) < 4.78 is 11.0. The van der Waals surface area contributed by atoms with Crippen molar-refractivity contribution < 1.29 is 14.3 Å². The van der Waals surface area contributed by atoms with E-state index in [4.69, 9.17) is 9.47 Å². The lowest BCUT2D eigenvalue weighted by Crippen LogP contribution is -1.99. The lowest BCUT2D eigenvalue weighted by Gasteiger charge is -2.10. The van der Waals surface area contributed by atoms with Crippen molar-refractivity contribution in [1.82, 2.24) is 0 Å². The summed E-state index contributed by atoms with van der Waals surface area (Å²) in [4.78, 5) is 11.3. The van der Waals surface area contributed by atoms with Crippen LogP contribution in [0.1, 0.15) is 22.8 Å². The van der Waals surface area contributed by atoms with Crippen molar-refractivity contribution in [2.75, 3.05) is 7.11 Å². The molecule has 0 aliphatic heterocycles. The topological polar surface area (TPSA) is 35.5 Å². The Kier molecular flexibility index (Phi) is 4.18.